The third kappa shape index (κ3) is 4.53. The van der Waals surface area contributed by atoms with Crippen LogP contribution in [-0.2, 0) is 10.3 Å². The summed E-state index contributed by atoms with van der Waals surface area (Å²) in [5, 5.41) is 3.08. The zero-order chi connectivity index (χ0) is 24.7. The monoisotopic (exact) mass is 472 g/mol. The summed E-state index contributed by atoms with van der Waals surface area (Å²) in [5.74, 6) is -0.218. The molecule has 0 radical (unpaired) electrons. The Morgan fingerprint density at radius 2 is 1.80 bits per heavy atom. The summed E-state index contributed by atoms with van der Waals surface area (Å²) >= 11 is 0. The topological polar surface area (TPSA) is 76.7 Å². The molecule has 1 fully saturated rings. The maximum absolute atomic E-state index is 13.0. The van der Waals surface area contributed by atoms with E-state index in [1.165, 1.54) is 0 Å². The second-order valence-electron chi connectivity index (χ2n) is 10.1. The first-order valence-corrected chi connectivity index (χ1v) is 12.0. The zero-order valence-electron chi connectivity index (χ0n) is 21.0. The van der Waals surface area contributed by atoms with Crippen LogP contribution in [0.1, 0.15) is 42.4 Å². The molecule has 0 saturated carbocycles. The SMILES string of the molecule is Cc1cc(C)c(-c2cc(N3CCOCC3)c3nccn3c2)cc1NC(=O)c1cn(C(C)(C)C)cn1. The van der Waals surface area contributed by atoms with E-state index in [9.17, 15) is 4.79 Å². The number of fused-ring (bicyclic) bond motifs is 1. The summed E-state index contributed by atoms with van der Waals surface area (Å²) in [5.41, 5.74) is 7.35. The third-order valence-electron chi connectivity index (χ3n) is 6.54. The Balaban J connectivity index is 1.51. The van der Waals surface area contributed by atoms with Gasteiger partial charge in [-0.2, -0.15) is 0 Å². The second kappa shape index (κ2) is 8.85. The van der Waals surface area contributed by atoms with Crippen molar-refractivity contribution >= 4 is 22.9 Å². The first-order chi connectivity index (χ1) is 16.7. The number of carbonyl (C=O) groups is 1. The average molecular weight is 473 g/mol. The number of benzene rings is 1. The number of ether oxygens (including phenoxy) is 1. The number of imidazole rings is 2. The van der Waals surface area contributed by atoms with Gasteiger partial charge in [0, 0.05) is 54.7 Å². The Labute approximate surface area is 205 Å². The van der Waals surface area contributed by atoms with Gasteiger partial charge in [0.2, 0.25) is 0 Å². The fourth-order valence-corrected chi connectivity index (χ4v) is 4.49. The number of amides is 1. The van der Waals surface area contributed by atoms with Crippen molar-refractivity contribution in [2.45, 2.75) is 40.2 Å². The molecule has 1 aliphatic heterocycles. The molecule has 1 aliphatic rings. The van der Waals surface area contributed by atoms with Gasteiger partial charge in [0.05, 0.1) is 25.2 Å². The van der Waals surface area contributed by atoms with Gasteiger partial charge in [-0.25, -0.2) is 9.97 Å². The number of nitrogens with one attached hydrogen (secondary N) is 1. The first kappa shape index (κ1) is 23.1. The molecule has 1 amide bonds. The van der Waals surface area contributed by atoms with Crippen molar-refractivity contribution in [1.29, 1.82) is 0 Å². The molecule has 8 nitrogen and oxygen atoms in total. The molecule has 1 N–H and O–H groups in total. The van der Waals surface area contributed by atoms with Gasteiger partial charge < -0.3 is 23.9 Å². The summed E-state index contributed by atoms with van der Waals surface area (Å²) in [4.78, 5) is 24.3. The lowest BCUT2D eigenvalue weighted by molar-refractivity contribution is 0.102. The van der Waals surface area contributed by atoms with Gasteiger partial charge in [0.1, 0.15) is 5.69 Å². The second-order valence-corrected chi connectivity index (χ2v) is 10.1. The lowest BCUT2D eigenvalue weighted by Crippen LogP contribution is -2.36. The van der Waals surface area contributed by atoms with E-state index in [1.54, 1.807) is 12.5 Å². The van der Waals surface area contributed by atoms with Crippen LogP contribution in [-0.4, -0.2) is 51.1 Å². The standard InChI is InChI=1S/C27H32N6O2/c1-18-12-19(2)22(30-26(34)23-16-33(17-29-23)27(3,4)5)14-21(18)20-13-24(31-8-10-35-11-9-31)25-28-6-7-32(25)15-20/h6-7,12-17H,8-11H2,1-5H3,(H,30,34). The summed E-state index contributed by atoms with van der Waals surface area (Å²) in [6.07, 6.45) is 9.39. The number of anilines is 2. The van der Waals surface area contributed by atoms with Gasteiger partial charge in [0.15, 0.2) is 5.65 Å². The number of rotatable bonds is 4. The van der Waals surface area contributed by atoms with Crippen LogP contribution in [0.15, 0.2) is 49.3 Å². The lowest BCUT2D eigenvalue weighted by Gasteiger charge is -2.29. The van der Waals surface area contributed by atoms with Crippen molar-refractivity contribution in [1.82, 2.24) is 18.9 Å². The Hall–Kier alpha value is -3.65. The molecular weight excluding hydrogens is 440 g/mol. The fourth-order valence-electron chi connectivity index (χ4n) is 4.49. The molecule has 5 rings (SSSR count). The Morgan fingerprint density at radius 3 is 2.51 bits per heavy atom. The van der Waals surface area contributed by atoms with E-state index in [4.69, 9.17) is 4.74 Å². The smallest absolute Gasteiger partial charge is 0.275 e. The quantitative estimate of drug-likeness (QED) is 0.468. The number of pyridine rings is 1. The Kier molecular flexibility index (Phi) is 5.84. The summed E-state index contributed by atoms with van der Waals surface area (Å²) in [6.45, 7) is 13.4. The minimum Gasteiger partial charge on any atom is -0.378 e. The largest absolute Gasteiger partial charge is 0.378 e. The molecule has 1 aromatic carbocycles. The predicted molar refractivity (Wildman–Crippen MR) is 138 cm³/mol. The van der Waals surface area contributed by atoms with Crippen LogP contribution in [0.4, 0.5) is 11.4 Å². The minimum absolute atomic E-state index is 0.136. The van der Waals surface area contributed by atoms with Crippen LogP contribution in [0.3, 0.4) is 0 Å². The molecule has 0 spiro atoms. The first-order valence-electron chi connectivity index (χ1n) is 12.0. The number of nitrogens with zero attached hydrogens (tertiary/aromatic N) is 5. The van der Waals surface area contributed by atoms with Crippen LogP contribution in [0.2, 0.25) is 0 Å². The maximum atomic E-state index is 13.0. The van der Waals surface area contributed by atoms with E-state index in [0.29, 0.717) is 18.9 Å². The molecule has 0 bridgehead atoms. The number of carbonyl (C=O) groups excluding carboxylic acids is 1. The van der Waals surface area contributed by atoms with Gasteiger partial charge in [-0.05, 0) is 63.4 Å². The van der Waals surface area contributed by atoms with E-state index in [2.05, 4.69) is 76.7 Å². The van der Waals surface area contributed by atoms with Crippen molar-refractivity contribution in [2.75, 3.05) is 36.5 Å². The van der Waals surface area contributed by atoms with Crippen LogP contribution >= 0.6 is 0 Å². The molecule has 0 unspecified atom stereocenters. The van der Waals surface area contributed by atoms with Crippen molar-refractivity contribution in [2.24, 2.45) is 0 Å². The van der Waals surface area contributed by atoms with Crippen molar-refractivity contribution in [3.8, 4) is 11.1 Å². The van der Waals surface area contributed by atoms with E-state index in [0.717, 1.165) is 52.4 Å². The predicted octanol–water partition coefficient (Wildman–Crippen LogP) is 4.66. The van der Waals surface area contributed by atoms with Crippen molar-refractivity contribution in [3.63, 3.8) is 0 Å². The van der Waals surface area contributed by atoms with Crippen LogP contribution in [0, 0.1) is 13.8 Å². The van der Waals surface area contributed by atoms with Crippen LogP contribution in [0.5, 0.6) is 0 Å². The normalized spacial score (nSPS) is 14.5. The van der Waals surface area contributed by atoms with E-state index in [1.807, 2.05) is 23.9 Å². The molecule has 3 aromatic heterocycles. The van der Waals surface area contributed by atoms with Crippen LogP contribution in [0.25, 0.3) is 16.8 Å². The van der Waals surface area contributed by atoms with E-state index >= 15 is 0 Å². The molecule has 4 aromatic rings. The average Bonchev–Trinajstić information content (AvgIpc) is 3.50. The molecule has 35 heavy (non-hydrogen) atoms. The van der Waals surface area contributed by atoms with Gasteiger partial charge in [-0.3, -0.25) is 4.79 Å². The Morgan fingerprint density at radius 1 is 1.03 bits per heavy atom. The molecular formula is C27H32N6O2. The van der Waals surface area contributed by atoms with Crippen molar-refractivity contribution in [3.05, 3.63) is 66.1 Å². The van der Waals surface area contributed by atoms with E-state index < -0.39 is 0 Å². The number of morpholine rings is 1. The molecule has 8 heteroatoms. The highest BCUT2D eigenvalue weighted by Gasteiger charge is 2.20. The van der Waals surface area contributed by atoms with E-state index in [-0.39, 0.29) is 11.4 Å². The number of aromatic nitrogens is 4. The molecule has 0 aliphatic carbocycles. The highest BCUT2D eigenvalue weighted by molar-refractivity contribution is 6.03. The lowest BCUT2D eigenvalue weighted by atomic mass is 9.98. The maximum Gasteiger partial charge on any atom is 0.275 e. The third-order valence-corrected chi connectivity index (χ3v) is 6.54. The van der Waals surface area contributed by atoms with Gasteiger partial charge in [0.25, 0.3) is 5.91 Å². The summed E-state index contributed by atoms with van der Waals surface area (Å²) in [7, 11) is 0. The summed E-state index contributed by atoms with van der Waals surface area (Å²) < 4.78 is 9.57. The highest BCUT2D eigenvalue weighted by Crippen LogP contribution is 2.33. The van der Waals surface area contributed by atoms with Gasteiger partial charge in [-0.15, -0.1) is 0 Å². The Bertz CT molecular complexity index is 1390. The minimum atomic E-state index is -0.218. The fraction of sp³-hybridized carbons (Fsp3) is 0.370. The highest BCUT2D eigenvalue weighted by atomic mass is 16.5. The summed E-state index contributed by atoms with van der Waals surface area (Å²) in [6, 6.07) is 6.37. The number of hydrogen-bond donors (Lipinski definition) is 1. The number of aryl methyl sites for hydroxylation is 2. The van der Waals surface area contributed by atoms with Crippen molar-refractivity contribution < 1.29 is 9.53 Å². The van der Waals surface area contributed by atoms with Gasteiger partial charge >= 0.3 is 0 Å². The van der Waals surface area contributed by atoms with Gasteiger partial charge in [-0.1, -0.05) is 6.07 Å². The zero-order valence-corrected chi connectivity index (χ0v) is 21.0. The molecule has 0 atom stereocenters. The van der Waals surface area contributed by atoms with Crippen LogP contribution < -0.4 is 10.2 Å². The molecule has 182 valence electrons. The molecule has 1 saturated heterocycles. The number of hydrogen-bond acceptors (Lipinski definition) is 5. The molecule has 4 heterocycles.